The Bertz CT molecular complexity index is 681. The second kappa shape index (κ2) is 7.45. The summed E-state index contributed by atoms with van der Waals surface area (Å²) in [4.78, 5) is 0. The topological polar surface area (TPSA) is 44.5 Å². The smallest absolute Gasteiger partial charge is 0.192 e. The minimum atomic E-state index is 0.230. The maximum absolute atomic E-state index is 6.12. The van der Waals surface area contributed by atoms with Crippen LogP contribution >= 0.6 is 11.6 Å². The molecule has 0 unspecified atom stereocenters. The van der Waals surface area contributed by atoms with Crippen molar-refractivity contribution in [3.63, 3.8) is 0 Å². The average Bonchev–Trinajstić information content (AvgIpc) is 3.14. The normalized spacial score (nSPS) is 16.3. The van der Waals surface area contributed by atoms with Crippen molar-refractivity contribution >= 4 is 11.6 Å². The molecule has 6 heteroatoms. The molecular formula is C18H24ClN2O3+. The molecule has 2 heterocycles. The molecule has 0 bridgehead atoms. The van der Waals surface area contributed by atoms with Gasteiger partial charge in [-0.25, -0.2) is 0 Å². The van der Waals surface area contributed by atoms with Crippen LogP contribution in [0.4, 0.5) is 0 Å². The van der Waals surface area contributed by atoms with Gasteiger partial charge in [-0.3, -0.25) is 0 Å². The molecule has 2 aromatic rings. The SMILES string of the molecule is Cc1noc(COc2ccccc2OCC[N+]2(C)CCCC2)c1Cl. The van der Waals surface area contributed by atoms with Crippen molar-refractivity contribution in [3.8, 4) is 11.5 Å². The average molecular weight is 352 g/mol. The third-order valence-electron chi connectivity index (χ3n) is 4.60. The molecular weight excluding hydrogens is 328 g/mol. The number of hydrogen-bond acceptors (Lipinski definition) is 4. The van der Waals surface area contributed by atoms with E-state index < -0.39 is 0 Å². The maximum Gasteiger partial charge on any atom is 0.192 e. The summed E-state index contributed by atoms with van der Waals surface area (Å²) in [5, 5.41) is 4.35. The van der Waals surface area contributed by atoms with Gasteiger partial charge in [0.25, 0.3) is 0 Å². The van der Waals surface area contributed by atoms with Crippen LogP contribution in [0.2, 0.25) is 5.02 Å². The maximum atomic E-state index is 6.12. The van der Waals surface area contributed by atoms with E-state index in [4.69, 9.17) is 25.6 Å². The van der Waals surface area contributed by atoms with Gasteiger partial charge in [0, 0.05) is 12.8 Å². The van der Waals surface area contributed by atoms with Crippen molar-refractivity contribution in [2.75, 3.05) is 33.3 Å². The van der Waals surface area contributed by atoms with Gasteiger partial charge in [0.2, 0.25) is 0 Å². The quantitative estimate of drug-likeness (QED) is 0.711. The monoisotopic (exact) mass is 351 g/mol. The van der Waals surface area contributed by atoms with E-state index in [1.54, 1.807) is 6.92 Å². The Balaban J connectivity index is 1.57. The van der Waals surface area contributed by atoms with E-state index in [9.17, 15) is 0 Å². The Morgan fingerprint density at radius 1 is 1.17 bits per heavy atom. The minimum absolute atomic E-state index is 0.230. The summed E-state index contributed by atoms with van der Waals surface area (Å²) >= 11 is 6.12. The summed E-state index contributed by atoms with van der Waals surface area (Å²) in [6.07, 6.45) is 2.63. The first kappa shape index (κ1) is 17.1. The number of likely N-dealkylation sites (N-methyl/N-ethyl adjacent to an activating group) is 1. The molecule has 0 amide bonds. The first-order chi connectivity index (χ1) is 11.6. The largest absolute Gasteiger partial charge is 0.484 e. The summed E-state index contributed by atoms with van der Waals surface area (Å²) in [5.74, 6) is 1.96. The highest BCUT2D eigenvalue weighted by Crippen LogP contribution is 2.29. The number of ether oxygens (including phenoxy) is 2. The van der Waals surface area contributed by atoms with Crippen LogP contribution in [0.25, 0.3) is 0 Å². The molecule has 1 fully saturated rings. The fraction of sp³-hybridized carbons (Fsp3) is 0.500. The number of aromatic nitrogens is 1. The summed E-state index contributed by atoms with van der Waals surface area (Å²) in [6, 6.07) is 7.68. The van der Waals surface area contributed by atoms with Gasteiger partial charge in [-0.1, -0.05) is 28.9 Å². The number of hydrogen-bond donors (Lipinski definition) is 0. The number of likely N-dealkylation sites (tertiary alicyclic amines) is 1. The van der Waals surface area contributed by atoms with E-state index in [-0.39, 0.29) is 6.61 Å². The van der Waals surface area contributed by atoms with Crippen molar-refractivity contribution in [1.29, 1.82) is 0 Å². The highest BCUT2D eigenvalue weighted by atomic mass is 35.5. The molecule has 5 nitrogen and oxygen atoms in total. The Morgan fingerprint density at radius 2 is 1.83 bits per heavy atom. The molecule has 0 atom stereocenters. The second-order valence-electron chi connectivity index (χ2n) is 6.59. The Kier molecular flexibility index (Phi) is 5.31. The second-order valence-corrected chi connectivity index (χ2v) is 6.96. The summed E-state index contributed by atoms with van der Waals surface area (Å²) < 4.78 is 18.0. The molecule has 0 aliphatic carbocycles. The van der Waals surface area contributed by atoms with Crippen molar-refractivity contribution in [2.24, 2.45) is 0 Å². The Morgan fingerprint density at radius 3 is 2.46 bits per heavy atom. The van der Waals surface area contributed by atoms with E-state index in [1.807, 2.05) is 24.3 Å². The number of nitrogens with zero attached hydrogens (tertiary/aromatic N) is 2. The molecule has 1 saturated heterocycles. The molecule has 130 valence electrons. The van der Waals surface area contributed by atoms with E-state index in [0.29, 0.717) is 28.8 Å². The molecule has 0 saturated carbocycles. The third kappa shape index (κ3) is 4.02. The lowest BCUT2D eigenvalue weighted by Crippen LogP contribution is -2.43. The van der Waals surface area contributed by atoms with Gasteiger partial charge < -0.3 is 18.5 Å². The van der Waals surface area contributed by atoms with E-state index in [1.165, 1.54) is 25.9 Å². The van der Waals surface area contributed by atoms with Crippen molar-refractivity contribution < 1.29 is 18.5 Å². The summed E-state index contributed by atoms with van der Waals surface area (Å²) in [7, 11) is 2.30. The Labute approximate surface area is 147 Å². The number of halogens is 1. The van der Waals surface area contributed by atoms with E-state index in [2.05, 4.69) is 12.2 Å². The lowest BCUT2D eigenvalue weighted by Gasteiger charge is -2.29. The van der Waals surface area contributed by atoms with Gasteiger partial charge in [0.15, 0.2) is 23.9 Å². The molecule has 1 aliphatic rings. The number of aryl methyl sites for hydroxylation is 1. The van der Waals surface area contributed by atoms with Crippen molar-refractivity contribution in [3.05, 3.63) is 40.7 Å². The molecule has 1 aromatic carbocycles. The Hall–Kier alpha value is -1.72. The van der Waals surface area contributed by atoms with Crippen molar-refractivity contribution in [2.45, 2.75) is 26.4 Å². The fourth-order valence-corrected chi connectivity index (χ4v) is 3.15. The van der Waals surface area contributed by atoms with E-state index in [0.717, 1.165) is 16.8 Å². The molecule has 0 spiro atoms. The van der Waals surface area contributed by atoms with Gasteiger partial charge in [0.05, 0.1) is 25.8 Å². The van der Waals surface area contributed by atoms with Crippen LogP contribution in [0.3, 0.4) is 0 Å². The lowest BCUT2D eigenvalue weighted by molar-refractivity contribution is -0.897. The van der Waals surface area contributed by atoms with Crippen LogP contribution in [0, 0.1) is 6.92 Å². The molecule has 3 rings (SSSR count). The molecule has 24 heavy (non-hydrogen) atoms. The standard InChI is InChI=1S/C18H24ClN2O3/c1-14-18(19)17(24-20-14)13-23-16-8-4-3-7-15(16)22-12-11-21(2)9-5-6-10-21/h3-4,7-8H,5-6,9-13H2,1-2H3/q+1. The zero-order chi connectivity index (χ0) is 17.0. The number of quaternary nitrogens is 1. The van der Waals surface area contributed by atoms with Crippen molar-refractivity contribution in [1.82, 2.24) is 5.16 Å². The number of benzene rings is 1. The predicted molar refractivity (Wildman–Crippen MR) is 92.5 cm³/mol. The summed E-state index contributed by atoms with van der Waals surface area (Å²) in [6.45, 7) is 6.21. The fourth-order valence-electron chi connectivity index (χ4n) is 3.03. The minimum Gasteiger partial charge on any atom is -0.484 e. The number of rotatable bonds is 7. The van der Waals surface area contributed by atoms with Crippen LogP contribution in [-0.2, 0) is 6.61 Å². The highest BCUT2D eigenvalue weighted by molar-refractivity contribution is 6.31. The van der Waals surface area contributed by atoms with Crippen LogP contribution in [0.15, 0.2) is 28.8 Å². The van der Waals surface area contributed by atoms with Crippen LogP contribution in [0.1, 0.15) is 24.3 Å². The van der Waals surface area contributed by atoms with Gasteiger partial charge in [-0.15, -0.1) is 0 Å². The lowest BCUT2D eigenvalue weighted by atomic mass is 10.3. The van der Waals surface area contributed by atoms with Crippen LogP contribution in [0.5, 0.6) is 11.5 Å². The van der Waals surface area contributed by atoms with Crippen LogP contribution < -0.4 is 9.47 Å². The predicted octanol–water partition coefficient (Wildman–Crippen LogP) is 3.83. The first-order valence-electron chi connectivity index (χ1n) is 8.36. The summed E-state index contributed by atoms with van der Waals surface area (Å²) in [5.41, 5.74) is 0.669. The molecule has 1 aliphatic heterocycles. The zero-order valence-corrected chi connectivity index (χ0v) is 15.0. The number of para-hydroxylation sites is 2. The van der Waals surface area contributed by atoms with Gasteiger partial charge in [-0.05, 0) is 19.1 Å². The molecule has 1 aromatic heterocycles. The molecule has 0 N–H and O–H groups in total. The van der Waals surface area contributed by atoms with Gasteiger partial charge in [0.1, 0.15) is 18.2 Å². The molecule has 0 radical (unpaired) electrons. The van der Waals surface area contributed by atoms with E-state index >= 15 is 0 Å². The third-order valence-corrected chi connectivity index (χ3v) is 5.08. The van der Waals surface area contributed by atoms with Gasteiger partial charge >= 0.3 is 0 Å². The highest BCUT2D eigenvalue weighted by Gasteiger charge is 2.26. The van der Waals surface area contributed by atoms with Gasteiger partial charge in [-0.2, -0.15) is 0 Å². The zero-order valence-electron chi connectivity index (χ0n) is 14.3. The van der Waals surface area contributed by atoms with Crippen LogP contribution in [-0.4, -0.2) is 42.9 Å². The first-order valence-corrected chi connectivity index (χ1v) is 8.74.